The van der Waals surface area contributed by atoms with Crippen LogP contribution in [-0.2, 0) is 47.6 Å². The zero-order valence-electron chi connectivity index (χ0n) is 29.0. The highest BCUT2D eigenvalue weighted by Gasteiger charge is 2.62. The molecule has 12 heteroatoms. The Bertz CT molecular complexity index is 1230. The molecule has 0 aromatic rings. The molecule has 0 bridgehead atoms. The molecule has 0 N–H and O–H groups in total. The van der Waals surface area contributed by atoms with Crippen LogP contribution in [0.3, 0.4) is 0 Å². The maximum Gasteiger partial charge on any atom is 0.418 e. The highest BCUT2D eigenvalue weighted by molar-refractivity contribution is 6.30. The Kier molecular flexibility index (Phi) is 11.2. The van der Waals surface area contributed by atoms with Gasteiger partial charge in [0.2, 0.25) is 0 Å². The van der Waals surface area contributed by atoms with Crippen LogP contribution in [0.4, 0.5) is 8.78 Å². The van der Waals surface area contributed by atoms with Gasteiger partial charge in [-0.3, -0.25) is 0 Å². The summed E-state index contributed by atoms with van der Waals surface area (Å²) in [4.78, 5) is 48.2. The van der Waals surface area contributed by atoms with Crippen molar-refractivity contribution in [1.82, 2.24) is 0 Å². The van der Waals surface area contributed by atoms with Gasteiger partial charge in [0.05, 0.1) is 20.3 Å². The molecule has 266 valence electrons. The van der Waals surface area contributed by atoms with Crippen molar-refractivity contribution in [1.29, 1.82) is 0 Å². The van der Waals surface area contributed by atoms with Crippen LogP contribution in [0, 0.1) is 40.4 Å². The molecular weight excluding hydrogens is 618 g/mol. The minimum atomic E-state index is -3.99. The number of rotatable bonds is 10. The van der Waals surface area contributed by atoms with E-state index in [4.69, 9.17) is 18.9 Å². The number of carbonyl (C=O) groups excluding carboxylic acids is 4. The Morgan fingerprint density at radius 3 is 2.21 bits per heavy atom. The van der Waals surface area contributed by atoms with E-state index in [1.54, 1.807) is 7.11 Å². The van der Waals surface area contributed by atoms with E-state index in [0.29, 0.717) is 24.5 Å². The van der Waals surface area contributed by atoms with Gasteiger partial charge in [0, 0.05) is 7.11 Å². The molecule has 0 radical (unpaired) electrons. The number of allylic oxidation sites excluding steroid dienone is 1. The van der Waals surface area contributed by atoms with Gasteiger partial charge in [0.25, 0.3) is 0 Å². The van der Waals surface area contributed by atoms with E-state index in [9.17, 15) is 19.2 Å². The van der Waals surface area contributed by atoms with Crippen LogP contribution >= 0.6 is 0 Å². The number of methoxy groups -OCH3 is 3. The lowest BCUT2D eigenvalue weighted by Crippen LogP contribution is -2.57. The standard InChI is InChI=1S/C35H52F2O10/c1-20(17-27(46-30(40)28(38)43-7)35(36,37)32(2,3)47-31(41)29(39)44-8)24-11-12-25-23-10-9-21-18-22(45-19-42-6)13-15-33(21,4)26(23)14-16-34(24,25)5/h9,20,22-27H,10-19H2,1-8H3/t20-,22+,23+,24-,25+,26+,27?,33+,34-/m1/s1. The fourth-order valence-corrected chi connectivity index (χ4v) is 9.75. The molecular formula is C35H52F2O10. The number of esters is 4. The summed E-state index contributed by atoms with van der Waals surface area (Å²) in [6.07, 6.45) is 7.99. The number of alkyl halides is 2. The Morgan fingerprint density at radius 1 is 0.915 bits per heavy atom. The van der Waals surface area contributed by atoms with E-state index >= 15 is 8.78 Å². The summed E-state index contributed by atoms with van der Waals surface area (Å²) in [7, 11) is 3.51. The van der Waals surface area contributed by atoms with Crippen molar-refractivity contribution >= 4 is 23.9 Å². The molecule has 3 saturated carbocycles. The van der Waals surface area contributed by atoms with Gasteiger partial charge in [-0.15, -0.1) is 0 Å². The van der Waals surface area contributed by atoms with Crippen molar-refractivity contribution in [2.24, 2.45) is 40.4 Å². The highest BCUT2D eigenvalue weighted by atomic mass is 19.3. The summed E-state index contributed by atoms with van der Waals surface area (Å²) in [6, 6.07) is 0. The summed E-state index contributed by atoms with van der Waals surface area (Å²) in [6.45, 7) is 8.73. The lowest BCUT2D eigenvalue weighted by molar-refractivity contribution is -0.244. The minimum Gasteiger partial charge on any atom is -0.461 e. The molecule has 4 aliphatic carbocycles. The molecule has 4 aliphatic rings. The van der Waals surface area contributed by atoms with E-state index in [2.05, 4.69) is 29.4 Å². The first-order chi connectivity index (χ1) is 22.0. The molecule has 0 saturated heterocycles. The number of fused-ring (bicyclic) bond motifs is 5. The van der Waals surface area contributed by atoms with Crippen LogP contribution < -0.4 is 0 Å². The van der Waals surface area contributed by atoms with Gasteiger partial charge < -0.3 is 28.4 Å². The average molecular weight is 671 g/mol. The summed E-state index contributed by atoms with van der Waals surface area (Å²) < 4.78 is 62.2. The fourth-order valence-electron chi connectivity index (χ4n) is 9.75. The Balaban J connectivity index is 1.54. The van der Waals surface area contributed by atoms with Crippen molar-refractivity contribution in [2.75, 3.05) is 28.1 Å². The van der Waals surface area contributed by atoms with E-state index in [-0.39, 0.29) is 35.2 Å². The summed E-state index contributed by atoms with van der Waals surface area (Å²) in [5.74, 6) is -8.88. The molecule has 10 nitrogen and oxygen atoms in total. The molecule has 0 amide bonds. The van der Waals surface area contributed by atoms with Crippen LogP contribution in [-0.4, -0.2) is 75.7 Å². The SMILES string of the molecule is COCO[C@H]1CC[C@@]2(C)C(=CC[C@H]3[C@@H]4CC[C@H]([C@H](C)CC(OC(=O)C(=O)OC)C(F)(F)C(C)(C)OC(=O)C(=O)OC)[C@@]4(C)CC[C@@H]32)C1. The third kappa shape index (κ3) is 6.96. The number of carbonyl (C=O) groups is 4. The quantitative estimate of drug-likeness (QED) is 0.0927. The molecule has 0 aromatic heterocycles. The second kappa shape index (κ2) is 14.1. The van der Waals surface area contributed by atoms with Crippen LogP contribution in [0.15, 0.2) is 11.6 Å². The smallest absolute Gasteiger partial charge is 0.418 e. The van der Waals surface area contributed by atoms with Crippen LogP contribution in [0.25, 0.3) is 0 Å². The maximum absolute atomic E-state index is 16.2. The summed E-state index contributed by atoms with van der Waals surface area (Å²) >= 11 is 0. The topological polar surface area (TPSA) is 124 Å². The maximum atomic E-state index is 16.2. The molecule has 0 heterocycles. The molecule has 0 aromatic carbocycles. The van der Waals surface area contributed by atoms with Gasteiger partial charge in [-0.1, -0.05) is 32.4 Å². The predicted molar refractivity (Wildman–Crippen MR) is 165 cm³/mol. The van der Waals surface area contributed by atoms with E-state index in [0.717, 1.165) is 79.4 Å². The first-order valence-electron chi connectivity index (χ1n) is 16.7. The van der Waals surface area contributed by atoms with Crippen molar-refractivity contribution in [2.45, 2.75) is 116 Å². The summed E-state index contributed by atoms with van der Waals surface area (Å²) in [5, 5.41) is 0. The second-order valence-corrected chi connectivity index (χ2v) is 15.0. The van der Waals surface area contributed by atoms with Crippen molar-refractivity contribution in [3.63, 3.8) is 0 Å². The van der Waals surface area contributed by atoms with E-state index < -0.39 is 41.5 Å². The third-order valence-corrected chi connectivity index (χ3v) is 12.3. The first-order valence-corrected chi connectivity index (χ1v) is 16.7. The monoisotopic (exact) mass is 670 g/mol. The van der Waals surface area contributed by atoms with Gasteiger partial charge in [-0.25, -0.2) is 19.2 Å². The van der Waals surface area contributed by atoms with Crippen molar-refractivity contribution in [3.8, 4) is 0 Å². The summed E-state index contributed by atoms with van der Waals surface area (Å²) in [5.41, 5.74) is -1.09. The van der Waals surface area contributed by atoms with Crippen LogP contribution in [0.2, 0.25) is 0 Å². The molecule has 9 atom stereocenters. The normalized spacial score (nSPS) is 33.2. The third-order valence-electron chi connectivity index (χ3n) is 12.3. The predicted octanol–water partition coefficient (Wildman–Crippen LogP) is 5.80. The van der Waals surface area contributed by atoms with Gasteiger partial charge in [-0.2, -0.15) is 8.78 Å². The highest BCUT2D eigenvalue weighted by Crippen LogP contribution is 2.67. The van der Waals surface area contributed by atoms with Crippen molar-refractivity contribution in [3.05, 3.63) is 11.6 Å². The Morgan fingerprint density at radius 2 is 1.57 bits per heavy atom. The zero-order valence-corrected chi connectivity index (χ0v) is 29.0. The lowest BCUT2D eigenvalue weighted by atomic mass is 9.47. The first kappa shape index (κ1) is 37.2. The molecule has 4 rings (SSSR count). The molecule has 3 fully saturated rings. The van der Waals surface area contributed by atoms with Gasteiger partial charge in [0.15, 0.2) is 11.7 Å². The molecule has 0 aliphatic heterocycles. The number of hydrogen-bond acceptors (Lipinski definition) is 10. The van der Waals surface area contributed by atoms with E-state index in [1.165, 1.54) is 5.57 Å². The van der Waals surface area contributed by atoms with E-state index in [1.807, 2.05) is 6.92 Å². The Labute approximate surface area is 276 Å². The van der Waals surface area contributed by atoms with Crippen LogP contribution in [0.1, 0.15) is 92.4 Å². The number of hydrogen-bond donors (Lipinski definition) is 0. The van der Waals surface area contributed by atoms with Crippen molar-refractivity contribution < 1.29 is 56.4 Å². The van der Waals surface area contributed by atoms with Gasteiger partial charge >= 0.3 is 29.8 Å². The fraction of sp³-hybridized carbons (Fsp3) is 0.829. The van der Waals surface area contributed by atoms with Crippen LogP contribution in [0.5, 0.6) is 0 Å². The second-order valence-electron chi connectivity index (χ2n) is 15.0. The average Bonchev–Trinajstić information content (AvgIpc) is 3.39. The van der Waals surface area contributed by atoms with Gasteiger partial charge in [-0.05, 0) is 112 Å². The van der Waals surface area contributed by atoms with Gasteiger partial charge in [0.1, 0.15) is 6.79 Å². The number of halogens is 2. The molecule has 1 unspecified atom stereocenters. The number of ether oxygens (including phenoxy) is 6. The minimum absolute atomic E-state index is 0.0562. The lowest BCUT2D eigenvalue weighted by Gasteiger charge is -2.58. The largest absolute Gasteiger partial charge is 0.461 e. The Hall–Kier alpha value is -2.60. The molecule has 47 heavy (non-hydrogen) atoms. The zero-order chi connectivity index (χ0) is 34.9. The molecule has 0 spiro atoms.